The van der Waals surface area contributed by atoms with Gasteiger partial charge < -0.3 is 19.4 Å². The van der Waals surface area contributed by atoms with Gasteiger partial charge in [-0.25, -0.2) is 8.42 Å². The first-order valence-corrected chi connectivity index (χ1v) is 14.0. The SMILES string of the molecule is CCn1c(SCC(=O)Nc2cc(S(=O)(=O)N3CCOCC3)ccc2Cl)nnc1-c1cccc(OC)c1. The van der Waals surface area contributed by atoms with E-state index in [1.165, 1.54) is 34.3 Å². The molecule has 0 spiro atoms. The average molecular weight is 552 g/mol. The highest BCUT2D eigenvalue weighted by Crippen LogP contribution is 2.29. The summed E-state index contributed by atoms with van der Waals surface area (Å²) in [6.45, 7) is 3.82. The van der Waals surface area contributed by atoms with E-state index in [1.54, 1.807) is 7.11 Å². The quantitative estimate of drug-likeness (QED) is 0.402. The lowest BCUT2D eigenvalue weighted by Crippen LogP contribution is -2.40. The number of methoxy groups -OCH3 is 1. The summed E-state index contributed by atoms with van der Waals surface area (Å²) in [5.41, 5.74) is 1.08. The fourth-order valence-corrected chi connectivity index (χ4v) is 6.07. The molecule has 3 aromatic rings. The number of carbonyl (C=O) groups excluding carboxylic acids is 1. The molecular formula is C23H26ClN5O5S2. The van der Waals surface area contributed by atoms with Gasteiger partial charge in [0.05, 0.1) is 41.7 Å². The maximum Gasteiger partial charge on any atom is 0.243 e. The second-order valence-electron chi connectivity index (χ2n) is 7.78. The number of amides is 1. The highest BCUT2D eigenvalue weighted by Gasteiger charge is 2.27. The van der Waals surface area contributed by atoms with E-state index in [0.717, 1.165) is 5.56 Å². The Morgan fingerprint density at radius 3 is 2.69 bits per heavy atom. The topological polar surface area (TPSA) is 116 Å². The highest BCUT2D eigenvalue weighted by atomic mass is 35.5. The van der Waals surface area contributed by atoms with Crippen molar-refractivity contribution in [3.8, 4) is 17.1 Å². The number of hydrogen-bond donors (Lipinski definition) is 1. The molecule has 0 atom stereocenters. The molecule has 1 aliphatic heterocycles. The van der Waals surface area contributed by atoms with Gasteiger partial charge >= 0.3 is 0 Å². The molecule has 4 rings (SSSR count). The molecule has 0 radical (unpaired) electrons. The summed E-state index contributed by atoms with van der Waals surface area (Å²) in [5.74, 6) is 1.06. The van der Waals surface area contributed by atoms with Crippen molar-refractivity contribution in [2.75, 3.05) is 44.5 Å². The van der Waals surface area contributed by atoms with Gasteiger partial charge in [0, 0.05) is 25.2 Å². The minimum absolute atomic E-state index is 0.0347. The van der Waals surface area contributed by atoms with Crippen LogP contribution in [0.5, 0.6) is 5.75 Å². The summed E-state index contributed by atoms with van der Waals surface area (Å²) in [6.07, 6.45) is 0. The zero-order chi connectivity index (χ0) is 25.7. The van der Waals surface area contributed by atoms with Crippen LogP contribution in [0.3, 0.4) is 0 Å². The molecule has 1 aromatic heterocycles. The van der Waals surface area contributed by atoms with Crippen molar-refractivity contribution >= 4 is 45.0 Å². The number of nitrogens with zero attached hydrogens (tertiary/aromatic N) is 4. The van der Waals surface area contributed by atoms with Crippen LogP contribution in [0.1, 0.15) is 6.92 Å². The minimum atomic E-state index is -3.72. The lowest BCUT2D eigenvalue weighted by atomic mass is 10.2. The van der Waals surface area contributed by atoms with E-state index in [0.29, 0.717) is 36.5 Å². The number of thioether (sulfide) groups is 1. The second kappa shape index (κ2) is 11.6. The van der Waals surface area contributed by atoms with Crippen molar-refractivity contribution in [3.63, 3.8) is 0 Å². The fourth-order valence-electron chi connectivity index (χ4n) is 3.67. The number of benzene rings is 2. The van der Waals surface area contributed by atoms with Crippen molar-refractivity contribution in [2.24, 2.45) is 0 Å². The summed E-state index contributed by atoms with van der Waals surface area (Å²) in [5, 5.41) is 12.1. The van der Waals surface area contributed by atoms with Crippen molar-refractivity contribution in [1.82, 2.24) is 19.1 Å². The molecule has 1 N–H and O–H groups in total. The summed E-state index contributed by atoms with van der Waals surface area (Å²) < 4.78 is 39.7. The molecule has 2 aromatic carbocycles. The van der Waals surface area contributed by atoms with E-state index in [9.17, 15) is 13.2 Å². The van der Waals surface area contributed by atoms with Crippen molar-refractivity contribution < 1.29 is 22.7 Å². The summed E-state index contributed by atoms with van der Waals surface area (Å²) in [7, 11) is -2.12. The molecule has 0 bridgehead atoms. The zero-order valence-corrected chi connectivity index (χ0v) is 22.2. The molecule has 36 heavy (non-hydrogen) atoms. The van der Waals surface area contributed by atoms with E-state index >= 15 is 0 Å². The molecule has 1 amide bonds. The first-order valence-electron chi connectivity index (χ1n) is 11.2. The monoisotopic (exact) mass is 551 g/mol. The Labute approximate surface area is 219 Å². The molecule has 0 unspecified atom stereocenters. The molecule has 0 aliphatic carbocycles. The number of hydrogen-bond acceptors (Lipinski definition) is 8. The van der Waals surface area contributed by atoms with E-state index in [1.807, 2.05) is 35.8 Å². The van der Waals surface area contributed by atoms with Gasteiger partial charge in [-0.15, -0.1) is 10.2 Å². The van der Waals surface area contributed by atoms with Gasteiger partial charge in [-0.1, -0.05) is 35.5 Å². The molecule has 192 valence electrons. The Kier molecular flexibility index (Phi) is 8.52. The summed E-state index contributed by atoms with van der Waals surface area (Å²) >= 11 is 7.48. The van der Waals surface area contributed by atoms with Crippen LogP contribution in [0.25, 0.3) is 11.4 Å². The number of ether oxygens (including phenoxy) is 2. The molecule has 1 saturated heterocycles. The number of morpholine rings is 1. The number of anilines is 1. The first-order chi connectivity index (χ1) is 17.3. The van der Waals surface area contributed by atoms with Crippen LogP contribution in [-0.2, 0) is 26.1 Å². The Morgan fingerprint density at radius 2 is 1.97 bits per heavy atom. The van der Waals surface area contributed by atoms with Crippen LogP contribution < -0.4 is 10.1 Å². The molecule has 1 fully saturated rings. The predicted molar refractivity (Wildman–Crippen MR) is 138 cm³/mol. The van der Waals surface area contributed by atoms with Crippen LogP contribution in [0.15, 0.2) is 52.5 Å². The van der Waals surface area contributed by atoms with Crippen LogP contribution >= 0.6 is 23.4 Å². The minimum Gasteiger partial charge on any atom is -0.497 e. The Bertz CT molecular complexity index is 1340. The molecule has 13 heteroatoms. The molecule has 2 heterocycles. The Morgan fingerprint density at radius 1 is 1.19 bits per heavy atom. The van der Waals surface area contributed by atoms with Crippen LogP contribution in [0.2, 0.25) is 5.02 Å². The normalized spacial score (nSPS) is 14.5. The molecular weight excluding hydrogens is 526 g/mol. The lowest BCUT2D eigenvalue weighted by Gasteiger charge is -2.26. The summed E-state index contributed by atoms with van der Waals surface area (Å²) in [4.78, 5) is 12.8. The van der Waals surface area contributed by atoms with Gasteiger partial charge in [-0.05, 0) is 37.3 Å². The fraction of sp³-hybridized carbons (Fsp3) is 0.348. The number of halogens is 1. The van der Waals surface area contributed by atoms with Crippen molar-refractivity contribution in [2.45, 2.75) is 23.5 Å². The van der Waals surface area contributed by atoms with Crippen LogP contribution in [0.4, 0.5) is 5.69 Å². The number of aromatic nitrogens is 3. The highest BCUT2D eigenvalue weighted by molar-refractivity contribution is 7.99. The smallest absolute Gasteiger partial charge is 0.243 e. The lowest BCUT2D eigenvalue weighted by molar-refractivity contribution is -0.113. The third kappa shape index (κ3) is 5.84. The Balaban J connectivity index is 1.45. The standard InChI is InChI=1S/C23H26ClN5O5S2/c1-3-29-22(16-5-4-6-17(13-16)33-2)26-27-23(29)35-15-21(30)25-20-14-18(7-8-19(20)24)36(31,32)28-9-11-34-12-10-28/h4-8,13-14H,3,9-12,15H2,1-2H3,(H,25,30). The first kappa shape index (κ1) is 26.4. The molecule has 10 nitrogen and oxygen atoms in total. The van der Waals surface area contributed by atoms with Gasteiger partial charge in [0.2, 0.25) is 15.9 Å². The van der Waals surface area contributed by atoms with Gasteiger partial charge in [-0.2, -0.15) is 4.31 Å². The molecule has 0 saturated carbocycles. The van der Waals surface area contributed by atoms with Crippen LogP contribution in [-0.4, -0.2) is 72.6 Å². The molecule has 1 aliphatic rings. The zero-order valence-electron chi connectivity index (χ0n) is 19.8. The van der Waals surface area contributed by atoms with E-state index < -0.39 is 10.0 Å². The van der Waals surface area contributed by atoms with Crippen molar-refractivity contribution in [3.05, 3.63) is 47.5 Å². The summed E-state index contributed by atoms with van der Waals surface area (Å²) in [6, 6.07) is 11.8. The van der Waals surface area contributed by atoms with Gasteiger partial charge in [0.15, 0.2) is 11.0 Å². The van der Waals surface area contributed by atoms with E-state index in [2.05, 4.69) is 15.5 Å². The third-order valence-corrected chi connectivity index (χ3v) is 8.70. The number of carbonyl (C=O) groups is 1. The average Bonchev–Trinajstić information content (AvgIpc) is 3.32. The largest absolute Gasteiger partial charge is 0.497 e. The van der Waals surface area contributed by atoms with E-state index in [4.69, 9.17) is 21.1 Å². The van der Waals surface area contributed by atoms with Crippen LogP contribution in [0, 0.1) is 0 Å². The van der Waals surface area contributed by atoms with Crippen molar-refractivity contribution in [1.29, 1.82) is 0 Å². The third-order valence-electron chi connectivity index (χ3n) is 5.51. The van der Waals surface area contributed by atoms with Gasteiger partial charge in [0.1, 0.15) is 5.75 Å². The predicted octanol–water partition coefficient (Wildman–Crippen LogP) is 3.38. The Hall–Kier alpha value is -2.64. The van der Waals surface area contributed by atoms with E-state index in [-0.39, 0.29) is 40.4 Å². The maximum absolute atomic E-state index is 13.0. The second-order valence-corrected chi connectivity index (χ2v) is 11.1. The van der Waals surface area contributed by atoms with Gasteiger partial charge in [0.25, 0.3) is 0 Å². The maximum atomic E-state index is 13.0. The number of nitrogens with one attached hydrogen (secondary N) is 1. The number of rotatable bonds is 9. The van der Waals surface area contributed by atoms with Gasteiger partial charge in [-0.3, -0.25) is 4.79 Å². The number of sulfonamides is 1.